The van der Waals surface area contributed by atoms with Crippen LogP contribution in [0, 0.1) is 12.3 Å². The summed E-state index contributed by atoms with van der Waals surface area (Å²) in [6.07, 6.45) is 8.32. The first kappa shape index (κ1) is 8.26. The Bertz CT molecular complexity index is 551. The van der Waals surface area contributed by atoms with Gasteiger partial charge >= 0.3 is 5.97 Å². The first-order valence-corrected chi connectivity index (χ1v) is 3.77. The zero-order valence-corrected chi connectivity index (χ0v) is 7.01. The van der Waals surface area contributed by atoms with Gasteiger partial charge in [-0.15, -0.1) is 6.42 Å². The number of aromatic nitrogens is 3. The summed E-state index contributed by atoms with van der Waals surface area (Å²) in [6, 6.07) is 1.64. The summed E-state index contributed by atoms with van der Waals surface area (Å²) in [5.41, 5.74) is 0.441. The second kappa shape index (κ2) is 2.85. The molecule has 2 aromatic rings. The van der Waals surface area contributed by atoms with Crippen molar-refractivity contribution in [2.24, 2.45) is 0 Å². The number of hydrogen-bond acceptors (Lipinski definition) is 3. The lowest BCUT2D eigenvalue weighted by Crippen LogP contribution is -1.99. The molecule has 5 nitrogen and oxygen atoms in total. The number of carboxylic acid groups (broad SMARTS) is 1. The molecule has 0 radical (unpaired) electrons. The molecule has 14 heavy (non-hydrogen) atoms. The van der Waals surface area contributed by atoms with E-state index in [1.807, 2.05) is 0 Å². The van der Waals surface area contributed by atoms with E-state index in [1.165, 1.54) is 10.7 Å². The van der Waals surface area contributed by atoms with Crippen LogP contribution in [-0.2, 0) is 0 Å². The Morgan fingerprint density at radius 2 is 2.43 bits per heavy atom. The maximum absolute atomic E-state index is 10.8. The van der Waals surface area contributed by atoms with Crippen molar-refractivity contribution in [2.75, 3.05) is 0 Å². The van der Waals surface area contributed by atoms with Crippen molar-refractivity contribution in [1.29, 1.82) is 0 Å². The van der Waals surface area contributed by atoms with Crippen LogP contribution in [0.2, 0.25) is 0 Å². The second-order valence-electron chi connectivity index (χ2n) is 2.56. The predicted octanol–water partition coefficient (Wildman–Crippen LogP) is 0.409. The fourth-order valence-electron chi connectivity index (χ4n) is 1.17. The molecule has 0 unspecified atom stereocenters. The SMILES string of the molecule is C#Cc1c(C(=O)O)nn2cccnc12. The van der Waals surface area contributed by atoms with Crippen LogP contribution in [0.1, 0.15) is 16.1 Å². The maximum atomic E-state index is 10.8. The molecular formula is C9H5N3O2. The van der Waals surface area contributed by atoms with Gasteiger partial charge in [-0.1, -0.05) is 5.92 Å². The zero-order valence-electron chi connectivity index (χ0n) is 7.01. The minimum atomic E-state index is -1.15. The average Bonchev–Trinajstić information content (AvgIpc) is 2.56. The molecule has 0 atom stereocenters. The molecule has 1 N–H and O–H groups in total. The highest BCUT2D eigenvalue weighted by atomic mass is 16.4. The minimum absolute atomic E-state index is 0.147. The van der Waals surface area contributed by atoms with Crippen molar-refractivity contribution in [1.82, 2.24) is 14.6 Å². The molecule has 0 saturated carbocycles. The summed E-state index contributed by atoms with van der Waals surface area (Å²) in [6.45, 7) is 0. The number of hydrogen-bond donors (Lipinski definition) is 1. The van der Waals surface area contributed by atoms with E-state index in [-0.39, 0.29) is 11.3 Å². The van der Waals surface area contributed by atoms with E-state index in [0.717, 1.165) is 0 Å². The topological polar surface area (TPSA) is 67.5 Å². The summed E-state index contributed by atoms with van der Waals surface area (Å²) in [7, 11) is 0. The van der Waals surface area contributed by atoms with Gasteiger partial charge in [-0.2, -0.15) is 5.10 Å². The summed E-state index contributed by atoms with van der Waals surface area (Å²) < 4.78 is 1.35. The summed E-state index contributed by atoms with van der Waals surface area (Å²) >= 11 is 0. The van der Waals surface area contributed by atoms with Crippen LogP contribution in [-0.4, -0.2) is 25.7 Å². The van der Waals surface area contributed by atoms with E-state index in [1.54, 1.807) is 12.3 Å². The lowest BCUT2D eigenvalue weighted by molar-refractivity contribution is 0.0690. The van der Waals surface area contributed by atoms with Gasteiger partial charge in [-0.05, 0) is 6.07 Å². The number of fused-ring (bicyclic) bond motifs is 1. The van der Waals surface area contributed by atoms with Gasteiger partial charge in [0, 0.05) is 12.4 Å². The van der Waals surface area contributed by atoms with Gasteiger partial charge in [0.15, 0.2) is 11.3 Å². The zero-order chi connectivity index (χ0) is 10.1. The number of carbonyl (C=O) groups is 1. The number of aromatic carboxylic acids is 1. The molecule has 5 heteroatoms. The van der Waals surface area contributed by atoms with E-state index >= 15 is 0 Å². The third kappa shape index (κ3) is 1.02. The van der Waals surface area contributed by atoms with Gasteiger partial charge in [0.05, 0.1) is 0 Å². The summed E-state index contributed by atoms with van der Waals surface area (Å²) in [5, 5.41) is 12.6. The van der Waals surface area contributed by atoms with Gasteiger partial charge in [0.25, 0.3) is 0 Å². The lowest BCUT2D eigenvalue weighted by Gasteiger charge is -1.88. The van der Waals surface area contributed by atoms with Crippen molar-refractivity contribution >= 4 is 11.6 Å². The summed E-state index contributed by atoms with van der Waals surface area (Å²) in [5.74, 6) is 1.12. The number of carboxylic acids is 1. The van der Waals surface area contributed by atoms with E-state index in [2.05, 4.69) is 16.0 Å². The first-order chi connectivity index (χ1) is 6.74. The molecule has 0 bridgehead atoms. The van der Waals surface area contributed by atoms with Crippen LogP contribution in [0.4, 0.5) is 0 Å². The standard InChI is InChI=1S/C9H5N3O2/c1-2-6-7(9(13)14)11-12-5-3-4-10-8(6)12/h1,3-5H,(H,13,14). The third-order valence-electron chi connectivity index (χ3n) is 1.74. The number of rotatable bonds is 1. The van der Waals surface area contributed by atoms with Crippen LogP contribution in [0.25, 0.3) is 5.65 Å². The van der Waals surface area contributed by atoms with Crippen molar-refractivity contribution in [3.05, 3.63) is 29.7 Å². The highest BCUT2D eigenvalue weighted by molar-refractivity contribution is 5.91. The molecule has 2 rings (SSSR count). The molecule has 0 fully saturated rings. The maximum Gasteiger partial charge on any atom is 0.357 e. The fraction of sp³-hybridized carbons (Fsp3) is 0. The molecular weight excluding hydrogens is 182 g/mol. The largest absolute Gasteiger partial charge is 0.476 e. The lowest BCUT2D eigenvalue weighted by atomic mass is 10.2. The second-order valence-corrected chi connectivity index (χ2v) is 2.56. The van der Waals surface area contributed by atoms with E-state index < -0.39 is 5.97 Å². The van der Waals surface area contributed by atoms with Crippen molar-refractivity contribution in [3.8, 4) is 12.3 Å². The molecule has 0 aliphatic heterocycles. The van der Waals surface area contributed by atoms with Gasteiger partial charge in [-0.25, -0.2) is 14.3 Å². The Labute approximate surface area is 79.0 Å². The first-order valence-electron chi connectivity index (χ1n) is 3.77. The van der Waals surface area contributed by atoms with Crippen LogP contribution in [0.5, 0.6) is 0 Å². The normalized spacial score (nSPS) is 9.93. The Balaban J connectivity index is 2.87. The Kier molecular flexibility index (Phi) is 1.68. The smallest absolute Gasteiger partial charge is 0.357 e. The molecule has 0 aliphatic rings. The fourth-order valence-corrected chi connectivity index (χ4v) is 1.17. The van der Waals surface area contributed by atoms with Crippen LogP contribution < -0.4 is 0 Å². The average molecular weight is 187 g/mol. The van der Waals surface area contributed by atoms with Crippen molar-refractivity contribution in [3.63, 3.8) is 0 Å². The van der Waals surface area contributed by atoms with E-state index in [9.17, 15) is 4.79 Å². The van der Waals surface area contributed by atoms with Gasteiger partial charge in [0.1, 0.15) is 5.56 Å². The molecule has 0 spiro atoms. The highest BCUT2D eigenvalue weighted by Crippen LogP contribution is 2.11. The van der Waals surface area contributed by atoms with Gasteiger partial charge < -0.3 is 5.11 Å². The van der Waals surface area contributed by atoms with Gasteiger partial charge in [-0.3, -0.25) is 0 Å². The predicted molar refractivity (Wildman–Crippen MR) is 47.9 cm³/mol. The van der Waals surface area contributed by atoms with E-state index in [4.69, 9.17) is 11.5 Å². The molecule has 2 aromatic heterocycles. The number of nitrogens with zero attached hydrogens (tertiary/aromatic N) is 3. The van der Waals surface area contributed by atoms with Crippen LogP contribution in [0.15, 0.2) is 18.5 Å². The van der Waals surface area contributed by atoms with Crippen molar-refractivity contribution < 1.29 is 9.90 Å². The number of terminal acetylenes is 1. The molecule has 0 amide bonds. The molecule has 2 heterocycles. The molecule has 0 aromatic carbocycles. The molecule has 0 aliphatic carbocycles. The van der Waals surface area contributed by atoms with E-state index in [0.29, 0.717) is 5.65 Å². The molecule has 0 saturated heterocycles. The Morgan fingerprint density at radius 1 is 1.64 bits per heavy atom. The monoisotopic (exact) mass is 187 g/mol. The van der Waals surface area contributed by atoms with Gasteiger partial charge in [0.2, 0.25) is 0 Å². The Hall–Kier alpha value is -2.35. The van der Waals surface area contributed by atoms with Crippen molar-refractivity contribution in [2.45, 2.75) is 0 Å². The Morgan fingerprint density at radius 3 is 3.07 bits per heavy atom. The van der Waals surface area contributed by atoms with Crippen LogP contribution in [0.3, 0.4) is 0 Å². The minimum Gasteiger partial charge on any atom is -0.476 e. The quantitative estimate of drug-likeness (QED) is 0.656. The third-order valence-corrected chi connectivity index (χ3v) is 1.74. The molecule has 68 valence electrons. The van der Waals surface area contributed by atoms with Crippen LogP contribution >= 0.6 is 0 Å². The highest BCUT2D eigenvalue weighted by Gasteiger charge is 2.17. The summed E-state index contributed by atoms with van der Waals surface area (Å²) in [4.78, 5) is 14.7.